The van der Waals surface area contributed by atoms with Crippen molar-refractivity contribution in [2.45, 2.75) is 6.54 Å². The summed E-state index contributed by atoms with van der Waals surface area (Å²) in [4.78, 5) is 32.8. The molecule has 0 spiro atoms. The summed E-state index contributed by atoms with van der Waals surface area (Å²) in [5.74, 6) is 0.362. The van der Waals surface area contributed by atoms with Gasteiger partial charge in [-0.25, -0.2) is 4.98 Å². The molecule has 4 aromatic rings. The van der Waals surface area contributed by atoms with Gasteiger partial charge in [0.15, 0.2) is 0 Å². The fraction of sp³-hybridized carbons (Fsp3) is 0.0800. The molecule has 5 rings (SSSR count). The Bertz CT molecular complexity index is 1420. The van der Waals surface area contributed by atoms with Gasteiger partial charge in [-0.2, -0.15) is 0 Å². The summed E-state index contributed by atoms with van der Waals surface area (Å²) in [6, 6.07) is 23.2. The number of carbonyl (C=O) groups is 1. The second-order valence-electron chi connectivity index (χ2n) is 7.45. The lowest BCUT2D eigenvalue weighted by Gasteiger charge is -2.17. The van der Waals surface area contributed by atoms with E-state index in [1.54, 1.807) is 18.0 Å². The van der Waals surface area contributed by atoms with Crippen LogP contribution in [-0.4, -0.2) is 15.5 Å². The van der Waals surface area contributed by atoms with Gasteiger partial charge >= 0.3 is 0 Å². The number of amides is 1. The Morgan fingerprint density at radius 2 is 1.71 bits per heavy atom. The molecule has 0 bridgehead atoms. The smallest absolute Gasteiger partial charge is 0.261 e. The van der Waals surface area contributed by atoms with Crippen LogP contribution in [-0.2, 0) is 18.4 Å². The lowest BCUT2D eigenvalue weighted by atomic mass is 10.1. The van der Waals surface area contributed by atoms with Crippen LogP contribution >= 0.6 is 22.6 Å². The Morgan fingerprint density at radius 1 is 0.968 bits per heavy atom. The number of para-hydroxylation sites is 1. The molecular weight excluding hydrogens is 501 g/mol. The van der Waals surface area contributed by atoms with Gasteiger partial charge < -0.3 is 4.90 Å². The molecule has 31 heavy (non-hydrogen) atoms. The van der Waals surface area contributed by atoms with Crippen LogP contribution < -0.4 is 10.5 Å². The summed E-state index contributed by atoms with van der Waals surface area (Å²) in [5.41, 5.74) is 3.80. The van der Waals surface area contributed by atoms with Crippen LogP contribution in [0.15, 0.2) is 77.6 Å². The van der Waals surface area contributed by atoms with Crippen LogP contribution in [0.4, 0.5) is 5.69 Å². The lowest BCUT2D eigenvalue weighted by molar-refractivity contribution is -0.113. The van der Waals surface area contributed by atoms with Crippen molar-refractivity contribution in [3.8, 4) is 0 Å². The van der Waals surface area contributed by atoms with Gasteiger partial charge in [0.2, 0.25) is 0 Å². The highest BCUT2D eigenvalue weighted by molar-refractivity contribution is 14.1. The predicted octanol–water partition coefficient (Wildman–Crippen LogP) is 4.63. The average Bonchev–Trinajstić information content (AvgIpc) is 3.04. The molecule has 1 aliphatic heterocycles. The molecule has 1 aromatic heterocycles. The number of hydrogen-bond acceptors (Lipinski definition) is 3. The minimum Gasteiger partial charge on any atom is -0.303 e. The van der Waals surface area contributed by atoms with Crippen molar-refractivity contribution in [2.75, 3.05) is 4.90 Å². The summed E-state index contributed by atoms with van der Waals surface area (Å²) < 4.78 is 2.48. The van der Waals surface area contributed by atoms with Crippen molar-refractivity contribution in [1.82, 2.24) is 9.55 Å². The number of anilines is 1. The van der Waals surface area contributed by atoms with Crippen LogP contribution in [0.1, 0.15) is 17.0 Å². The average molecular weight is 519 g/mol. The van der Waals surface area contributed by atoms with Crippen LogP contribution in [0, 0.1) is 3.57 Å². The molecular formula is C25H18IN3O2. The number of aromatic nitrogens is 2. The van der Waals surface area contributed by atoms with Crippen LogP contribution in [0.3, 0.4) is 0 Å². The van der Waals surface area contributed by atoms with Crippen molar-refractivity contribution in [2.24, 2.45) is 7.05 Å². The van der Waals surface area contributed by atoms with E-state index in [9.17, 15) is 9.59 Å². The minimum absolute atomic E-state index is 0.0954. The van der Waals surface area contributed by atoms with E-state index in [0.29, 0.717) is 28.8 Å². The number of nitrogens with zero attached hydrogens (tertiary/aromatic N) is 3. The van der Waals surface area contributed by atoms with Gasteiger partial charge in [-0.15, -0.1) is 0 Å². The molecule has 0 unspecified atom stereocenters. The van der Waals surface area contributed by atoms with Gasteiger partial charge in [0.1, 0.15) is 5.82 Å². The van der Waals surface area contributed by atoms with E-state index in [1.807, 2.05) is 72.8 Å². The van der Waals surface area contributed by atoms with E-state index in [-0.39, 0.29) is 11.5 Å². The van der Waals surface area contributed by atoms with Gasteiger partial charge in [-0.05, 0) is 58.5 Å². The largest absolute Gasteiger partial charge is 0.303 e. The molecule has 2 heterocycles. The Morgan fingerprint density at radius 3 is 2.52 bits per heavy atom. The fourth-order valence-electron chi connectivity index (χ4n) is 3.89. The maximum Gasteiger partial charge on any atom is 0.261 e. The van der Waals surface area contributed by atoms with Crippen LogP contribution in [0.25, 0.3) is 22.6 Å². The number of hydrogen-bond donors (Lipinski definition) is 0. The highest BCUT2D eigenvalue weighted by Crippen LogP contribution is 2.38. The first-order valence-electron chi connectivity index (χ1n) is 9.86. The van der Waals surface area contributed by atoms with E-state index < -0.39 is 0 Å². The van der Waals surface area contributed by atoms with Crippen molar-refractivity contribution in [1.29, 1.82) is 0 Å². The minimum atomic E-state index is -0.129. The number of fused-ring (bicyclic) bond motifs is 2. The van der Waals surface area contributed by atoms with E-state index in [0.717, 1.165) is 20.4 Å². The van der Waals surface area contributed by atoms with Crippen LogP contribution in [0.5, 0.6) is 0 Å². The highest BCUT2D eigenvalue weighted by Gasteiger charge is 2.32. The number of benzene rings is 3. The van der Waals surface area contributed by atoms with Crippen molar-refractivity contribution >= 4 is 56.7 Å². The molecule has 0 fully saturated rings. The zero-order valence-corrected chi connectivity index (χ0v) is 18.9. The number of rotatable bonds is 3. The standard InChI is InChI=1S/C25H18IN3O2/c1-28-23(27-21-12-11-17(26)13-20(21)24(28)30)14-19-18-9-5-6-10-22(18)29(25(19)31)15-16-7-3-2-4-8-16/h2-14H,15H2,1H3/b19-14-. The van der Waals surface area contributed by atoms with Crippen molar-refractivity contribution in [3.63, 3.8) is 0 Å². The fourth-order valence-corrected chi connectivity index (χ4v) is 4.38. The highest BCUT2D eigenvalue weighted by atomic mass is 127. The monoisotopic (exact) mass is 519 g/mol. The van der Waals surface area contributed by atoms with E-state index >= 15 is 0 Å². The number of carbonyl (C=O) groups excluding carboxylic acids is 1. The zero-order valence-electron chi connectivity index (χ0n) is 16.7. The third kappa shape index (κ3) is 3.46. The van der Waals surface area contributed by atoms with Crippen LogP contribution in [0.2, 0.25) is 0 Å². The Kier molecular flexibility index (Phi) is 4.94. The quantitative estimate of drug-likeness (QED) is 0.293. The predicted molar refractivity (Wildman–Crippen MR) is 132 cm³/mol. The third-order valence-electron chi connectivity index (χ3n) is 5.49. The first-order chi connectivity index (χ1) is 15.0. The van der Waals surface area contributed by atoms with Gasteiger partial charge in [0.05, 0.1) is 28.7 Å². The molecule has 0 radical (unpaired) electrons. The maximum atomic E-state index is 13.4. The summed E-state index contributed by atoms with van der Waals surface area (Å²) in [6.07, 6.45) is 1.73. The van der Waals surface area contributed by atoms with E-state index in [1.165, 1.54) is 4.57 Å². The molecule has 0 saturated heterocycles. The SMILES string of the molecule is Cn1c(/C=C2\C(=O)N(Cc3ccccc3)c3ccccc32)nc2ccc(I)cc2c1=O. The summed E-state index contributed by atoms with van der Waals surface area (Å²) in [6.45, 7) is 0.483. The second kappa shape index (κ2) is 7.77. The second-order valence-corrected chi connectivity index (χ2v) is 8.69. The Hall–Kier alpha value is -3.26. The molecule has 1 amide bonds. The molecule has 0 aliphatic carbocycles. The zero-order chi connectivity index (χ0) is 21.5. The topological polar surface area (TPSA) is 55.2 Å². The Labute approximate surface area is 192 Å². The molecule has 5 nitrogen and oxygen atoms in total. The van der Waals surface area contributed by atoms with Gasteiger partial charge in [-0.3, -0.25) is 14.2 Å². The van der Waals surface area contributed by atoms with Gasteiger partial charge in [-0.1, -0.05) is 48.5 Å². The first-order valence-corrected chi connectivity index (χ1v) is 10.9. The van der Waals surface area contributed by atoms with Gasteiger partial charge in [0.25, 0.3) is 11.5 Å². The van der Waals surface area contributed by atoms with Gasteiger partial charge in [0, 0.05) is 16.2 Å². The van der Waals surface area contributed by atoms with E-state index in [2.05, 4.69) is 27.6 Å². The molecule has 1 aliphatic rings. The molecule has 3 aromatic carbocycles. The maximum absolute atomic E-state index is 13.4. The molecule has 0 atom stereocenters. The van der Waals surface area contributed by atoms with E-state index in [4.69, 9.17) is 0 Å². The Balaban J connectivity index is 1.64. The molecule has 0 N–H and O–H groups in total. The normalized spacial score (nSPS) is 14.5. The molecule has 0 saturated carbocycles. The van der Waals surface area contributed by atoms with Crippen molar-refractivity contribution < 1.29 is 4.79 Å². The molecule has 152 valence electrons. The molecule has 6 heteroatoms. The first kappa shape index (κ1) is 19.7. The third-order valence-corrected chi connectivity index (χ3v) is 6.16. The lowest BCUT2D eigenvalue weighted by Crippen LogP contribution is -2.26. The number of halogens is 1. The van der Waals surface area contributed by atoms with Crippen molar-refractivity contribution in [3.05, 3.63) is 104 Å². The summed E-state index contributed by atoms with van der Waals surface area (Å²) >= 11 is 2.18. The summed E-state index contributed by atoms with van der Waals surface area (Å²) in [5, 5.41) is 0.570. The summed E-state index contributed by atoms with van der Waals surface area (Å²) in [7, 11) is 1.69.